The maximum atomic E-state index is 12.8. The van der Waals surface area contributed by atoms with Crippen LogP contribution in [-0.4, -0.2) is 44.0 Å². The van der Waals surface area contributed by atoms with E-state index in [9.17, 15) is 17.6 Å². The van der Waals surface area contributed by atoms with Crippen molar-refractivity contribution in [1.29, 1.82) is 0 Å². The molecule has 0 aromatic rings. The minimum absolute atomic E-state index is 0.00593. The average molecular weight is 506 g/mol. The fraction of sp³-hybridized carbons (Fsp3) is 0.667. The number of alkyl halides is 7. The van der Waals surface area contributed by atoms with Crippen molar-refractivity contribution in [3.8, 4) is 0 Å². The number of hydrogen-bond donors (Lipinski definition) is 3. The van der Waals surface area contributed by atoms with Gasteiger partial charge >= 0.3 is 166 Å². The fourth-order valence-corrected chi connectivity index (χ4v) is 8.80. The predicted molar refractivity (Wildman–Crippen MR) is 112 cm³/mol. The van der Waals surface area contributed by atoms with E-state index in [0.29, 0.717) is 10.2 Å². The monoisotopic (exact) mass is 506 g/mol. The number of nitrogens with two attached hydrogens (primary N) is 2. The summed E-state index contributed by atoms with van der Waals surface area (Å²) >= 11 is -1.99. The van der Waals surface area contributed by atoms with Crippen LogP contribution in [0.2, 0.25) is 0 Å². The van der Waals surface area contributed by atoms with E-state index in [4.69, 9.17) is 11.5 Å². The number of hydrogen-bond acceptors (Lipinski definition) is 4. The van der Waals surface area contributed by atoms with Crippen LogP contribution < -0.4 is 16.8 Å². The van der Waals surface area contributed by atoms with Gasteiger partial charge in [0, 0.05) is 0 Å². The van der Waals surface area contributed by atoms with Crippen LogP contribution in [0.5, 0.6) is 0 Å². The van der Waals surface area contributed by atoms with Crippen molar-refractivity contribution in [3.63, 3.8) is 0 Å². The van der Waals surface area contributed by atoms with Crippen molar-refractivity contribution >= 4 is 19.8 Å². The standard InChI is InChI=1S/C18H31F4IN4/c1-5-15(7-17(25)16-6-14(16)8-19)23(13(3)26-11-24)10-27(4)9-12(2)18(20,21)22/h5,7,9,13-16,26H,1,6,8,10-11,24-25H2,2-4H3/b12-9+,17-7+/t13-,14-,15?,16-/m1/s1. The Kier molecular flexibility index (Phi) is 9.56. The van der Waals surface area contributed by atoms with Crippen LogP contribution in [0.25, 0.3) is 0 Å². The summed E-state index contributed by atoms with van der Waals surface area (Å²) < 4.78 is 51.7. The zero-order valence-electron chi connectivity index (χ0n) is 16.1. The van der Waals surface area contributed by atoms with Gasteiger partial charge in [0.2, 0.25) is 0 Å². The molecule has 4 nitrogen and oxygen atoms in total. The van der Waals surface area contributed by atoms with Crippen LogP contribution >= 0.6 is 19.8 Å². The molecule has 1 aliphatic rings. The predicted octanol–water partition coefficient (Wildman–Crippen LogP) is 3.70. The fourth-order valence-electron chi connectivity index (χ4n) is 2.72. The second kappa shape index (κ2) is 10.7. The number of nitrogens with one attached hydrogen (secondary N) is 1. The van der Waals surface area contributed by atoms with E-state index in [0.717, 1.165) is 19.5 Å². The molecule has 0 amide bonds. The molecule has 1 saturated carbocycles. The Labute approximate surface area is 166 Å². The van der Waals surface area contributed by atoms with E-state index in [1.165, 1.54) is 0 Å². The van der Waals surface area contributed by atoms with Gasteiger partial charge in [0.25, 0.3) is 0 Å². The molecule has 27 heavy (non-hydrogen) atoms. The van der Waals surface area contributed by atoms with Crippen LogP contribution in [0.1, 0.15) is 20.3 Å². The van der Waals surface area contributed by atoms with Gasteiger partial charge in [0.05, 0.1) is 0 Å². The van der Waals surface area contributed by atoms with Gasteiger partial charge < -0.3 is 0 Å². The molecule has 0 aromatic carbocycles. The zero-order valence-corrected chi connectivity index (χ0v) is 18.2. The molecular formula is C18H31F4IN4. The molecule has 0 spiro atoms. The number of halogens is 5. The molecule has 1 aliphatic carbocycles. The Hall–Kier alpha value is -0.810. The first kappa shape index (κ1) is 24.2. The van der Waals surface area contributed by atoms with Gasteiger partial charge in [0.15, 0.2) is 0 Å². The summed E-state index contributed by atoms with van der Waals surface area (Å²) in [6, 6.07) is 0. The Morgan fingerprint density at radius 3 is 2.52 bits per heavy atom. The van der Waals surface area contributed by atoms with Gasteiger partial charge in [-0.3, -0.25) is 0 Å². The molecule has 9 heteroatoms. The van der Waals surface area contributed by atoms with E-state index < -0.39 is 31.6 Å². The molecule has 0 saturated heterocycles. The van der Waals surface area contributed by atoms with Crippen molar-refractivity contribution < 1.29 is 17.6 Å². The second-order valence-electron chi connectivity index (χ2n) is 6.75. The van der Waals surface area contributed by atoms with E-state index in [2.05, 4.69) is 11.9 Å². The third-order valence-corrected chi connectivity index (χ3v) is 11.9. The summed E-state index contributed by atoms with van der Waals surface area (Å²) in [5, 5.41) is 3.19. The molecule has 1 rings (SSSR count). The van der Waals surface area contributed by atoms with Crippen LogP contribution in [0.3, 0.4) is 0 Å². The number of rotatable bonds is 11. The third kappa shape index (κ3) is 7.61. The molecular weight excluding hydrogens is 475 g/mol. The van der Waals surface area contributed by atoms with Crippen molar-refractivity contribution in [3.05, 3.63) is 36.2 Å². The van der Waals surface area contributed by atoms with Gasteiger partial charge in [0.1, 0.15) is 0 Å². The van der Waals surface area contributed by atoms with E-state index >= 15 is 0 Å². The van der Waals surface area contributed by atoms with E-state index in [1.54, 1.807) is 18.0 Å². The minimum atomic E-state index is -4.34. The van der Waals surface area contributed by atoms with Crippen LogP contribution in [0.4, 0.5) is 17.6 Å². The van der Waals surface area contributed by atoms with Gasteiger partial charge in [-0.1, -0.05) is 0 Å². The summed E-state index contributed by atoms with van der Waals surface area (Å²) in [5.41, 5.74) is 11.8. The van der Waals surface area contributed by atoms with Crippen LogP contribution in [-0.2, 0) is 0 Å². The summed E-state index contributed by atoms with van der Waals surface area (Å²) in [4.78, 5) is 1.59. The van der Waals surface area contributed by atoms with E-state index in [1.807, 2.05) is 13.0 Å². The van der Waals surface area contributed by atoms with Crippen LogP contribution in [0, 0.1) is 11.8 Å². The third-order valence-electron chi connectivity index (χ3n) is 4.46. The summed E-state index contributed by atoms with van der Waals surface area (Å²) in [6.07, 6.45) is 1.27. The van der Waals surface area contributed by atoms with Gasteiger partial charge in [-0.25, -0.2) is 0 Å². The maximum absolute atomic E-state index is 12.8. The molecule has 4 atom stereocenters. The normalized spacial score (nSPS) is 23.6. The van der Waals surface area contributed by atoms with Crippen molar-refractivity contribution in [2.45, 2.75) is 34.4 Å². The summed E-state index contributed by atoms with van der Waals surface area (Å²) in [7, 11) is 1.64. The SMILES string of the molecule is C=CC(/C=C(/N)[C@@H]1C[C@@H]1CF)I(CN(C)/C=C(\C)C(F)(F)F)[C@@H](C)NCN. The molecule has 5 N–H and O–H groups in total. The number of nitrogens with zero attached hydrogens (tertiary/aromatic N) is 1. The molecule has 158 valence electrons. The molecule has 0 aliphatic heterocycles. The van der Waals surface area contributed by atoms with E-state index in [-0.39, 0.29) is 33.2 Å². The van der Waals surface area contributed by atoms with Gasteiger partial charge in [-0.2, -0.15) is 0 Å². The average Bonchev–Trinajstić information content (AvgIpc) is 3.36. The second-order valence-corrected chi connectivity index (χ2v) is 13.2. The Morgan fingerprint density at radius 2 is 2.07 bits per heavy atom. The van der Waals surface area contributed by atoms with Gasteiger partial charge in [-0.05, 0) is 0 Å². The van der Waals surface area contributed by atoms with Crippen molar-refractivity contribution in [2.75, 3.05) is 24.9 Å². The molecule has 0 heterocycles. The molecule has 0 bridgehead atoms. The quantitative estimate of drug-likeness (QED) is 0.0999. The number of allylic oxidation sites excluding steroid dienone is 4. The Morgan fingerprint density at radius 1 is 1.44 bits per heavy atom. The first-order chi connectivity index (χ1) is 12.5. The van der Waals surface area contributed by atoms with Crippen LogP contribution in [0.15, 0.2) is 36.2 Å². The molecule has 0 aromatic heterocycles. The first-order valence-electron chi connectivity index (χ1n) is 8.73. The first-order valence-corrected chi connectivity index (χ1v) is 12.7. The molecule has 0 radical (unpaired) electrons. The Bertz CT molecular complexity index is 550. The molecule has 1 fully saturated rings. The topological polar surface area (TPSA) is 67.3 Å². The Balaban J connectivity index is 2.97. The summed E-state index contributed by atoms with van der Waals surface area (Å²) in [5.74, 6) is 0.0617. The van der Waals surface area contributed by atoms with Gasteiger partial charge in [-0.15, -0.1) is 0 Å². The summed E-state index contributed by atoms with van der Waals surface area (Å²) in [6.45, 7) is 6.85. The molecule has 1 unspecified atom stereocenters. The van der Waals surface area contributed by atoms with Crippen molar-refractivity contribution in [2.24, 2.45) is 23.3 Å². The zero-order chi connectivity index (χ0) is 20.8. The van der Waals surface area contributed by atoms with Crippen molar-refractivity contribution in [1.82, 2.24) is 10.2 Å².